The quantitative estimate of drug-likeness (QED) is 0.126. The second kappa shape index (κ2) is 12.5. The largest absolute Gasteiger partial charge is 0.383 e. The van der Waals surface area contributed by atoms with Crippen molar-refractivity contribution in [1.82, 2.24) is 10.6 Å². The van der Waals surface area contributed by atoms with Crippen LogP contribution in [0.15, 0.2) is 40.9 Å². The zero-order valence-corrected chi connectivity index (χ0v) is 20.3. The number of amides is 1. The van der Waals surface area contributed by atoms with Crippen LogP contribution in [0.4, 0.5) is 14.5 Å². The first-order valence-corrected chi connectivity index (χ1v) is 12.9. The predicted molar refractivity (Wildman–Crippen MR) is 133 cm³/mol. The summed E-state index contributed by atoms with van der Waals surface area (Å²) in [6.07, 6.45) is 11.8. The molecular weight excluding hydrogens is 458 g/mol. The van der Waals surface area contributed by atoms with E-state index in [0.29, 0.717) is 41.0 Å². The molecule has 0 radical (unpaired) electrons. The van der Waals surface area contributed by atoms with Gasteiger partial charge in [-0.2, -0.15) is 8.78 Å². The molecule has 0 aromatic heterocycles. The Labute approximate surface area is 204 Å². The van der Waals surface area contributed by atoms with Crippen molar-refractivity contribution in [3.8, 4) is 0 Å². The zero-order valence-electron chi connectivity index (χ0n) is 19.5. The van der Waals surface area contributed by atoms with E-state index in [0.717, 1.165) is 25.7 Å². The number of carbonyl (C=O) groups is 1. The Hall–Kier alpha value is -2.17. The van der Waals surface area contributed by atoms with E-state index in [2.05, 4.69) is 15.6 Å². The number of primary amides is 1. The molecule has 10 heteroatoms. The lowest BCUT2D eigenvalue weighted by Gasteiger charge is -2.41. The molecule has 0 aliphatic heterocycles. The molecule has 188 valence electrons. The third-order valence-corrected chi connectivity index (χ3v) is 7.57. The highest BCUT2D eigenvalue weighted by Gasteiger charge is 2.34. The SMILES string of the molecule is NCC1(N/C=C(/C(N)=O)C(N)=[NH+]c2ccc(SC(F)F)cc2)CCC(NC2CCCCC2)CC1. The summed E-state index contributed by atoms with van der Waals surface area (Å²) in [5.74, 6) is -3.09. The molecule has 2 aliphatic carbocycles. The van der Waals surface area contributed by atoms with Crippen molar-refractivity contribution in [1.29, 1.82) is 0 Å². The molecule has 2 fully saturated rings. The normalized spacial score (nSPS) is 24.9. The van der Waals surface area contributed by atoms with Crippen molar-refractivity contribution in [3.05, 3.63) is 36.0 Å². The summed E-state index contributed by atoms with van der Waals surface area (Å²) >= 11 is 0.462. The van der Waals surface area contributed by atoms with Gasteiger partial charge in [0.15, 0.2) is 0 Å². The van der Waals surface area contributed by atoms with Crippen LogP contribution in [0.3, 0.4) is 0 Å². The van der Waals surface area contributed by atoms with E-state index in [4.69, 9.17) is 17.2 Å². The molecule has 0 spiro atoms. The smallest absolute Gasteiger partial charge is 0.288 e. The van der Waals surface area contributed by atoms with Crippen LogP contribution in [0.5, 0.6) is 0 Å². The Morgan fingerprint density at radius 1 is 1.09 bits per heavy atom. The lowest BCUT2D eigenvalue weighted by Crippen LogP contribution is -2.70. The summed E-state index contributed by atoms with van der Waals surface area (Å²) in [4.78, 5) is 15.4. The van der Waals surface area contributed by atoms with Gasteiger partial charge < -0.3 is 22.1 Å². The van der Waals surface area contributed by atoms with E-state index in [1.807, 2.05) is 0 Å². The first-order chi connectivity index (χ1) is 16.3. The number of amidine groups is 1. The number of carbonyl (C=O) groups excluding carboxylic acids is 1. The number of thioether (sulfide) groups is 1. The standard InChI is InChI=1S/C24H36F2N6OS/c25-23(26)34-19-8-6-17(7-9-19)32-21(28)20(22(29)33)14-30-24(15-27)12-10-18(11-13-24)31-16-4-2-1-3-5-16/h6-9,14,16,18,23,30-31H,1-5,10-13,15,27H2,(H2,28,32)(H2,29,33)/p+1/b20-14+. The molecule has 34 heavy (non-hydrogen) atoms. The molecule has 3 rings (SSSR count). The second-order valence-corrected chi connectivity index (χ2v) is 10.3. The number of hydrogen-bond acceptors (Lipinski definition) is 5. The average molecular weight is 496 g/mol. The van der Waals surface area contributed by atoms with E-state index in [-0.39, 0.29) is 16.9 Å². The number of alkyl halides is 2. The highest BCUT2D eigenvalue weighted by Crippen LogP contribution is 2.29. The van der Waals surface area contributed by atoms with E-state index >= 15 is 0 Å². The molecule has 0 saturated heterocycles. The molecule has 2 aliphatic rings. The van der Waals surface area contributed by atoms with Crippen LogP contribution < -0.4 is 32.8 Å². The van der Waals surface area contributed by atoms with Gasteiger partial charge in [-0.3, -0.25) is 10.5 Å². The summed E-state index contributed by atoms with van der Waals surface area (Å²) in [7, 11) is 0. The van der Waals surface area contributed by atoms with Crippen molar-refractivity contribution in [2.45, 2.75) is 86.1 Å². The summed E-state index contributed by atoms with van der Waals surface area (Å²) in [5.41, 5.74) is 18.2. The third kappa shape index (κ3) is 7.68. The van der Waals surface area contributed by atoms with Crippen molar-refractivity contribution in [2.24, 2.45) is 17.2 Å². The van der Waals surface area contributed by atoms with Gasteiger partial charge in [-0.25, -0.2) is 4.99 Å². The van der Waals surface area contributed by atoms with Crippen molar-refractivity contribution in [3.63, 3.8) is 0 Å². The maximum Gasteiger partial charge on any atom is 0.288 e. The zero-order chi connectivity index (χ0) is 24.6. The van der Waals surface area contributed by atoms with Gasteiger partial charge in [0.1, 0.15) is 11.3 Å². The number of hydrogen-bond donors (Lipinski definition) is 6. The fourth-order valence-corrected chi connectivity index (χ4v) is 5.30. The van der Waals surface area contributed by atoms with E-state index < -0.39 is 11.7 Å². The highest BCUT2D eigenvalue weighted by atomic mass is 32.2. The molecule has 0 heterocycles. The Morgan fingerprint density at radius 3 is 2.26 bits per heavy atom. The van der Waals surface area contributed by atoms with E-state index in [9.17, 15) is 13.6 Å². The summed E-state index contributed by atoms with van der Waals surface area (Å²) < 4.78 is 25.0. The molecule has 1 amide bonds. The lowest BCUT2D eigenvalue weighted by molar-refractivity contribution is -0.354. The number of nitrogens with one attached hydrogen (secondary N) is 3. The van der Waals surface area contributed by atoms with Crippen molar-refractivity contribution < 1.29 is 18.6 Å². The minimum Gasteiger partial charge on any atom is -0.383 e. The van der Waals surface area contributed by atoms with Crippen LogP contribution in [0.2, 0.25) is 0 Å². The van der Waals surface area contributed by atoms with Gasteiger partial charge in [-0.1, -0.05) is 31.0 Å². The molecule has 0 atom stereocenters. The van der Waals surface area contributed by atoms with Gasteiger partial charge in [0.05, 0.1) is 0 Å². The topological polar surface area (TPSA) is 133 Å². The van der Waals surface area contributed by atoms with E-state index in [1.54, 1.807) is 30.5 Å². The van der Waals surface area contributed by atoms with Crippen LogP contribution in [0.25, 0.3) is 0 Å². The van der Waals surface area contributed by atoms with Crippen molar-refractivity contribution in [2.75, 3.05) is 6.54 Å². The monoisotopic (exact) mass is 495 g/mol. The second-order valence-electron chi connectivity index (χ2n) is 9.27. The van der Waals surface area contributed by atoms with Gasteiger partial charge in [0.2, 0.25) is 0 Å². The average Bonchev–Trinajstić information content (AvgIpc) is 2.82. The van der Waals surface area contributed by atoms with Gasteiger partial charge in [0.25, 0.3) is 17.5 Å². The van der Waals surface area contributed by atoms with Crippen LogP contribution in [0.1, 0.15) is 57.8 Å². The van der Waals surface area contributed by atoms with Gasteiger partial charge in [0, 0.05) is 35.3 Å². The molecule has 0 unspecified atom stereocenters. The van der Waals surface area contributed by atoms with Crippen LogP contribution in [-0.2, 0) is 4.79 Å². The lowest BCUT2D eigenvalue weighted by atomic mass is 9.78. The maximum absolute atomic E-state index is 12.5. The molecule has 0 bridgehead atoms. The Kier molecular flexibility index (Phi) is 9.73. The first kappa shape index (κ1) is 26.4. The molecule has 1 aromatic carbocycles. The van der Waals surface area contributed by atoms with Gasteiger partial charge in [-0.05, 0) is 62.8 Å². The van der Waals surface area contributed by atoms with Crippen LogP contribution in [-0.4, -0.2) is 41.7 Å². The highest BCUT2D eigenvalue weighted by molar-refractivity contribution is 7.99. The molecule has 9 N–H and O–H groups in total. The molecule has 7 nitrogen and oxygen atoms in total. The fourth-order valence-electron chi connectivity index (χ4n) is 4.80. The summed E-state index contributed by atoms with van der Waals surface area (Å²) in [5, 5.41) is 7.17. The number of nitrogens with two attached hydrogens (primary N) is 3. The van der Waals surface area contributed by atoms with E-state index in [1.165, 1.54) is 32.1 Å². The van der Waals surface area contributed by atoms with Crippen LogP contribution in [0, 0.1) is 0 Å². The Bertz CT molecular complexity index is 863. The molecular formula is C24H37F2N6OS+. The summed E-state index contributed by atoms with van der Waals surface area (Å²) in [6, 6.07) is 7.47. The molecule has 2 saturated carbocycles. The maximum atomic E-state index is 12.5. The minimum atomic E-state index is -2.49. The van der Waals surface area contributed by atoms with Gasteiger partial charge in [-0.15, -0.1) is 0 Å². The number of rotatable bonds is 10. The van der Waals surface area contributed by atoms with Crippen molar-refractivity contribution >= 4 is 29.2 Å². The molecule has 1 aromatic rings. The summed E-state index contributed by atoms with van der Waals surface area (Å²) in [6.45, 7) is 0.433. The number of halogens is 2. The van der Waals surface area contributed by atoms with Crippen LogP contribution >= 0.6 is 11.8 Å². The minimum absolute atomic E-state index is 0.0779. The predicted octanol–water partition coefficient (Wildman–Crippen LogP) is 1.59. The fraction of sp³-hybridized carbons (Fsp3) is 0.583. The third-order valence-electron chi connectivity index (χ3n) is 6.85. The Morgan fingerprint density at radius 2 is 1.71 bits per heavy atom. The number of benzene rings is 1. The Balaban J connectivity index is 1.62. The van der Waals surface area contributed by atoms with Gasteiger partial charge >= 0.3 is 0 Å². The first-order valence-electron chi connectivity index (χ1n) is 12.0.